The molecule has 0 fully saturated rings. The maximum Gasteiger partial charge on any atom is 0.287 e. The lowest BCUT2D eigenvalue weighted by molar-refractivity contribution is -0.384. The smallest absolute Gasteiger partial charge is 0.287 e. The molecule has 0 aliphatic rings. The Morgan fingerprint density at radius 2 is 1.96 bits per heavy atom. The number of methoxy groups -OCH3 is 1. The van der Waals surface area contributed by atoms with Crippen LogP contribution < -0.4 is 20.9 Å². The van der Waals surface area contributed by atoms with Crippen LogP contribution in [0, 0.1) is 10.1 Å². The van der Waals surface area contributed by atoms with Crippen molar-refractivity contribution in [1.82, 2.24) is 10.9 Å². The van der Waals surface area contributed by atoms with Crippen LogP contribution in [0.25, 0.3) is 0 Å². The van der Waals surface area contributed by atoms with Crippen molar-refractivity contribution in [3.05, 3.63) is 75.4 Å². The van der Waals surface area contributed by atoms with Gasteiger partial charge >= 0.3 is 0 Å². The number of carbonyl (C=O) groups is 2. The summed E-state index contributed by atoms with van der Waals surface area (Å²) < 4.78 is 5.08. The van der Waals surface area contributed by atoms with Gasteiger partial charge in [-0.1, -0.05) is 24.2 Å². The predicted molar refractivity (Wildman–Crippen MR) is 104 cm³/mol. The van der Waals surface area contributed by atoms with E-state index in [0.717, 1.165) is 6.07 Å². The first-order valence-corrected chi connectivity index (χ1v) is 8.30. The Labute approximate surface area is 165 Å². The number of amides is 2. The number of anilines is 1. The third kappa shape index (κ3) is 5.71. The molecule has 2 aromatic carbocycles. The van der Waals surface area contributed by atoms with E-state index in [2.05, 4.69) is 22.7 Å². The summed E-state index contributed by atoms with van der Waals surface area (Å²) in [4.78, 5) is 34.2. The lowest BCUT2D eigenvalue weighted by Gasteiger charge is -2.12. The molecule has 28 heavy (non-hydrogen) atoms. The fraction of sp³-hybridized carbons (Fsp3) is 0.111. The van der Waals surface area contributed by atoms with Gasteiger partial charge in [-0.2, -0.15) is 0 Å². The molecule has 0 aliphatic heterocycles. The summed E-state index contributed by atoms with van der Waals surface area (Å²) in [5.41, 5.74) is 5.47. The van der Waals surface area contributed by atoms with Crippen molar-refractivity contribution in [3.8, 4) is 5.75 Å². The Balaban J connectivity index is 1.86. The lowest BCUT2D eigenvalue weighted by Crippen LogP contribution is -2.37. The second-order valence-corrected chi connectivity index (χ2v) is 5.97. The predicted octanol–water partition coefficient (Wildman–Crippen LogP) is 3.03. The normalized spacial score (nSPS) is 9.93. The van der Waals surface area contributed by atoms with E-state index >= 15 is 0 Å². The van der Waals surface area contributed by atoms with Crippen LogP contribution in [0.5, 0.6) is 5.75 Å². The molecule has 0 saturated heterocycles. The number of rotatable bonds is 8. The zero-order valence-electron chi connectivity index (χ0n) is 14.8. The van der Waals surface area contributed by atoms with Gasteiger partial charge in [-0.3, -0.25) is 25.1 Å². The number of carbonyl (C=O) groups excluding carboxylic acids is 2. The number of nitrogens with zero attached hydrogens (tertiary/aromatic N) is 1. The second kappa shape index (κ2) is 9.38. The summed E-state index contributed by atoms with van der Waals surface area (Å²) in [5.74, 6) is -0.340. The minimum absolute atomic E-state index is 0.0987. The summed E-state index contributed by atoms with van der Waals surface area (Å²) in [6, 6.07) is 10.4. The summed E-state index contributed by atoms with van der Waals surface area (Å²) in [7, 11) is 1.52. The molecule has 0 saturated carbocycles. The van der Waals surface area contributed by atoms with Gasteiger partial charge in [-0.25, -0.2) is 0 Å². The van der Waals surface area contributed by atoms with Crippen LogP contribution in [0.3, 0.4) is 0 Å². The van der Waals surface area contributed by atoms with Gasteiger partial charge in [0.2, 0.25) is 5.91 Å². The molecule has 0 unspecified atom stereocenters. The number of hydrazine groups is 1. The number of hydrogen-bond acceptors (Lipinski definition) is 6. The van der Waals surface area contributed by atoms with Crippen molar-refractivity contribution in [2.45, 2.75) is 6.42 Å². The van der Waals surface area contributed by atoms with E-state index in [1.165, 1.54) is 19.2 Å². The van der Waals surface area contributed by atoms with Crippen LogP contribution in [0.4, 0.5) is 11.4 Å². The molecule has 0 radical (unpaired) electrons. The van der Waals surface area contributed by atoms with Crippen molar-refractivity contribution >= 4 is 34.8 Å². The number of nitrogens with one attached hydrogen (secondary N) is 3. The monoisotopic (exact) mass is 404 g/mol. The number of ether oxygens (including phenoxy) is 1. The molecule has 2 aromatic rings. The van der Waals surface area contributed by atoms with Crippen molar-refractivity contribution < 1.29 is 19.2 Å². The van der Waals surface area contributed by atoms with Crippen LogP contribution in [0.1, 0.15) is 16.8 Å². The zero-order chi connectivity index (χ0) is 20.7. The van der Waals surface area contributed by atoms with Crippen LogP contribution in [-0.4, -0.2) is 23.8 Å². The maximum absolute atomic E-state index is 12.1. The molecule has 10 heteroatoms. The highest BCUT2D eigenvalue weighted by molar-refractivity contribution is 6.33. The number of benzene rings is 2. The Bertz CT molecular complexity index is 932. The van der Waals surface area contributed by atoms with E-state index < -0.39 is 10.8 Å². The molecule has 0 aromatic heterocycles. The molecular formula is C18H17ClN4O5. The van der Waals surface area contributed by atoms with Crippen LogP contribution in [-0.2, 0) is 4.79 Å². The van der Waals surface area contributed by atoms with Crippen LogP contribution >= 0.6 is 11.6 Å². The Hall–Kier alpha value is -3.59. The van der Waals surface area contributed by atoms with E-state index in [9.17, 15) is 19.7 Å². The first kappa shape index (κ1) is 20.7. The van der Waals surface area contributed by atoms with E-state index in [0.29, 0.717) is 11.4 Å². The molecular weight excluding hydrogens is 388 g/mol. The Morgan fingerprint density at radius 1 is 1.21 bits per heavy atom. The number of hydrogen-bond donors (Lipinski definition) is 3. The molecule has 0 bridgehead atoms. The van der Waals surface area contributed by atoms with Gasteiger partial charge < -0.3 is 15.5 Å². The molecule has 3 N–H and O–H groups in total. The van der Waals surface area contributed by atoms with Gasteiger partial charge in [0.25, 0.3) is 11.6 Å². The van der Waals surface area contributed by atoms with Crippen molar-refractivity contribution in [3.63, 3.8) is 0 Å². The standard InChI is InChI=1S/C18H17ClN4O5/c1-11(8-17(24)20-13-4-3-5-14(10-13)28-2)21-22-18(25)12-6-7-16(23(26)27)15(19)9-12/h3-7,9-10,21H,1,8H2,2H3,(H,20,24)(H,22,25). The molecule has 0 aliphatic carbocycles. The quantitative estimate of drug-likeness (QED) is 0.459. The van der Waals surface area contributed by atoms with E-state index in [-0.39, 0.29) is 34.3 Å². The summed E-state index contributed by atoms with van der Waals surface area (Å²) in [6.07, 6.45) is -0.0987. The first-order valence-electron chi connectivity index (χ1n) is 7.92. The topological polar surface area (TPSA) is 123 Å². The third-order valence-electron chi connectivity index (χ3n) is 3.49. The Morgan fingerprint density at radius 3 is 2.61 bits per heavy atom. The molecule has 146 valence electrons. The number of nitro benzene ring substituents is 1. The largest absolute Gasteiger partial charge is 0.497 e. The number of nitro groups is 1. The average Bonchev–Trinajstić information content (AvgIpc) is 2.65. The van der Waals surface area contributed by atoms with Gasteiger partial charge in [-0.15, -0.1) is 0 Å². The van der Waals surface area contributed by atoms with E-state index in [4.69, 9.17) is 16.3 Å². The van der Waals surface area contributed by atoms with Gasteiger partial charge in [-0.05, 0) is 24.3 Å². The van der Waals surface area contributed by atoms with Gasteiger partial charge in [0.1, 0.15) is 10.8 Å². The van der Waals surface area contributed by atoms with Crippen molar-refractivity contribution in [1.29, 1.82) is 0 Å². The highest BCUT2D eigenvalue weighted by Gasteiger charge is 2.15. The molecule has 0 atom stereocenters. The van der Waals surface area contributed by atoms with Crippen LogP contribution in [0.15, 0.2) is 54.7 Å². The third-order valence-corrected chi connectivity index (χ3v) is 3.79. The lowest BCUT2D eigenvalue weighted by atomic mass is 10.2. The van der Waals surface area contributed by atoms with Gasteiger partial charge in [0, 0.05) is 29.1 Å². The summed E-state index contributed by atoms with van der Waals surface area (Å²) in [6.45, 7) is 3.66. The van der Waals surface area contributed by atoms with E-state index in [1.54, 1.807) is 24.3 Å². The second-order valence-electron chi connectivity index (χ2n) is 5.56. The first-order chi connectivity index (χ1) is 13.3. The van der Waals surface area contributed by atoms with Crippen molar-refractivity contribution in [2.75, 3.05) is 12.4 Å². The van der Waals surface area contributed by atoms with Gasteiger partial charge in [0.05, 0.1) is 18.5 Å². The highest BCUT2D eigenvalue weighted by atomic mass is 35.5. The minimum Gasteiger partial charge on any atom is -0.497 e. The fourth-order valence-electron chi connectivity index (χ4n) is 2.16. The Kier molecular flexibility index (Phi) is 6.94. The number of halogens is 1. The fourth-order valence-corrected chi connectivity index (χ4v) is 2.41. The SMILES string of the molecule is C=C(CC(=O)Nc1cccc(OC)c1)NNC(=O)c1ccc([N+](=O)[O-])c(Cl)c1. The molecule has 9 nitrogen and oxygen atoms in total. The average molecular weight is 405 g/mol. The molecule has 2 amide bonds. The molecule has 0 heterocycles. The van der Waals surface area contributed by atoms with Gasteiger partial charge in [0.15, 0.2) is 0 Å². The zero-order valence-corrected chi connectivity index (χ0v) is 15.6. The highest BCUT2D eigenvalue weighted by Crippen LogP contribution is 2.24. The van der Waals surface area contributed by atoms with Crippen LogP contribution in [0.2, 0.25) is 5.02 Å². The van der Waals surface area contributed by atoms with Crippen molar-refractivity contribution in [2.24, 2.45) is 0 Å². The minimum atomic E-state index is -0.648. The molecule has 2 rings (SSSR count). The molecule has 0 spiro atoms. The summed E-state index contributed by atoms with van der Waals surface area (Å²) in [5, 5.41) is 13.3. The van der Waals surface area contributed by atoms with E-state index in [1.807, 2.05) is 0 Å². The maximum atomic E-state index is 12.1. The summed E-state index contributed by atoms with van der Waals surface area (Å²) >= 11 is 5.78.